The Kier molecular flexibility index (Phi) is 5.53. The predicted octanol–water partition coefficient (Wildman–Crippen LogP) is 3.46. The molecule has 0 saturated heterocycles. The highest BCUT2D eigenvalue weighted by Crippen LogP contribution is 2.43. The molecule has 1 aliphatic heterocycles. The molecule has 4 rings (SSSR count). The molecule has 0 fully saturated rings. The number of amides is 1. The van der Waals surface area contributed by atoms with Crippen LogP contribution in [-0.4, -0.2) is 53.0 Å². The summed E-state index contributed by atoms with van der Waals surface area (Å²) in [6.07, 6.45) is -0.586. The molecule has 3 aromatic rings. The van der Waals surface area contributed by atoms with Gasteiger partial charge in [-0.05, 0) is 24.6 Å². The van der Waals surface area contributed by atoms with E-state index >= 15 is 0 Å². The minimum atomic E-state index is -0.586. The second-order valence-corrected chi connectivity index (χ2v) is 7.34. The smallest absolute Gasteiger partial charge is 0.273 e. The van der Waals surface area contributed by atoms with Gasteiger partial charge in [-0.2, -0.15) is 5.10 Å². The van der Waals surface area contributed by atoms with E-state index in [9.17, 15) is 14.9 Å². The molecule has 160 valence electrons. The van der Waals surface area contributed by atoms with E-state index in [0.717, 1.165) is 16.7 Å². The van der Waals surface area contributed by atoms with Gasteiger partial charge < -0.3 is 14.4 Å². The van der Waals surface area contributed by atoms with Crippen LogP contribution in [0.2, 0.25) is 0 Å². The molecule has 0 radical (unpaired) electrons. The minimum absolute atomic E-state index is 0.00764. The van der Waals surface area contributed by atoms with Crippen molar-refractivity contribution in [3.63, 3.8) is 0 Å². The highest BCUT2D eigenvalue weighted by Gasteiger charge is 2.43. The van der Waals surface area contributed by atoms with Crippen LogP contribution in [0.5, 0.6) is 0 Å². The van der Waals surface area contributed by atoms with Crippen LogP contribution in [0.25, 0.3) is 11.3 Å². The fourth-order valence-corrected chi connectivity index (χ4v) is 3.85. The van der Waals surface area contributed by atoms with Crippen LogP contribution >= 0.6 is 0 Å². The highest BCUT2D eigenvalue weighted by molar-refractivity contribution is 6.00. The average Bonchev–Trinajstić information content (AvgIpc) is 3.32. The first kappa shape index (κ1) is 20.7. The Morgan fingerprint density at radius 1 is 1.13 bits per heavy atom. The van der Waals surface area contributed by atoms with Gasteiger partial charge in [0.25, 0.3) is 11.6 Å². The average molecular weight is 422 g/mol. The maximum absolute atomic E-state index is 13.3. The number of H-pyrrole nitrogens is 1. The van der Waals surface area contributed by atoms with Gasteiger partial charge in [0.1, 0.15) is 5.69 Å². The Labute approximate surface area is 178 Å². The molecule has 0 saturated carbocycles. The van der Waals surface area contributed by atoms with Gasteiger partial charge in [0.05, 0.1) is 23.2 Å². The highest BCUT2D eigenvalue weighted by atomic mass is 16.7. The number of nitro benzene ring substituents is 1. The number of nitrogens with one attached hydrogen (secondary N) is 1. The van der Waals surface area contributed by atoms with E-state index < -0.39 is 17.3 Å². The van der Waals surface area contributed by atoms with Gasteiger partial charge in [0.2, 0.25) is 0 Å². The summed E-state index contributed by atoms with van der Waals surface area (Å²) < 4.78 is 10.7. The molecule has 1 aromatic heterocycles. The van der Waals surface area contributed by atoms with Crippen molar-refractivity contribution >= 4 is 11.6 Å². The van der Waals surface area contributed by atoms with E-state index in [1.54, 1.807) is 17.0 Å². The number of carbonyl (C=O) groups excluding carboxylic acids is 1. The summed E-state index contributed by atoms with van der Waals surface area (Å²) in [5, 5.41) is 18.2. The lowest BCUT2D eigenvalue weighted by atomic mass is 9.95. The van der Waals surface area contributed by atoms with Crippen molar-refractivity contribution in [1.82, 2.24) is 15.1 Å². The van der Waals surface area contributed by atoms with E-state index in [1.807, 2.05) is 31.2 Å². The molecule has 1 unspecified atom stereocenters. The van der Waals surface area contributed by atoms with Gasteiger partial charge in [-0.15, -0.1) is 0 Å². The molecule has 0 aliphatic carbocycles. The Morgan fingerprint density at radius 2 is 1.77 bits per heavy atom. The fourth-order valence-electron chi connectivity index (χ4n) is 3.85. The lowest BCUT2D eigenvalue weighted by Crippen LogP contribution is -2.38. The molecule has 1 aliphatic rings. The molecule has 9 nitrogen and oxygen atoms in total. The first-order valence-corrected chi connectivity index (χ1v) is 9.70. The zero-order valence-corrected chi connectivity index (χ0v) is 17.4. The van der Waals surface area contributed by atoms with E-state index in [2.05, 4.69) is 10.2 Å². The molecule has 0 spiro atoms. The maximum atomic E-state index is 13.3. The monoisotopic (exact) mass is 422 g/mol. The molecule has 1 N–H and O–H groups in total. The summed E-state index contributed by atoms with van der Waals surface area (Å²) in [7, 11) is 3.05. The Morgan fingerprint density at radius 3 is 2.35 bits per heavy atom. The number of aryl methyl sites for hydroxylation is 1. The van der Waals surface area contributed by atoms with Crippen molar-refractivity contribution in [2.75, 3.05) is 20.8 Å². The van der Waals surface area contributed by atoms with Crippen molar-refractivity contribution in [2.24, 2.45) is 0 Å². The minimum Gasteiger partial charge on any atom is -0.354 e. The van der Waals surface area contributed by atoms with Crippen molar-refractivity contribution in [2.45, 2.75) is 19.3 Å². The lowest BCUT2D eigenvalue weighted by Gasteiger charge is -2.29. The molecule has 2 heterocycles. The number of aromatic nitrogens is 2. The standard InChI is InChI=1S/C22H22N4O5/c1-13-4-6-15(7-5-13)21-18-19(14-8-10-16(11-9-14)26(28)29)23-24-20(18)22(27)25(21)12-17(30-2)31-3/h4-11,17,21H,12H2,1-3H3,(H,23,24). The molecule has 9 heteroatoms. The Hall–Kier alpha value is -3.56. The number of hydrogen-bond donors (Lipinski definition) is 1. The first-order valence-electron chi connectivity index (χ1n) is 9.70. The third-order valence-corrected chi connectivity index (χ3v) is 5.48. The van der Waals surface area contributed by atoms with Crippen molar-refractivity contribution in [3.05, 3.63) is 81.0 Å². The summed E-state index contributed by atoms with van der Waals surface area (Å²) in [5.74, 6) is -0.208. The topological polar surface area (TPSA) is 111 Å². The van der Waals surface area contributed by atoms with Gasteiger partial charge in [-0.1, -0.05) is 29.8 Å². The van der Waals surface area contributed by atoms with Crippen LogP contribution in [0.15, 0.2) is 48.5 Å². The normalized spacial score (nSPS) is 15.5. The van der Waals surface area contributed by atoms with Gasteiger partial charge >= 0.3 is 0 Å². The third kappa shape index (κ3) is 3.69. The number of nitro groups is 1. The van der Waals surface area contributed by atoms with E-state index in [4.69, 9.17) is 9.47 Å². The number of fused-ring (bicyclic) bond motifs is 1. The molecular formula is C22H22N4O5. The van der Waals surface area contributed by atoms with E-state index in [0.29, 0.717) is 17.0 Å². The number of hydrogen-bond acceptors (Lipinski definition) is 6. The van der Waals surface area contributed by atoms with Crippen LogP contribution in [0, 0.1) is 17.0 Å². The van der Waals surface area contributed by atoms with Crippen molar-refractivity contribution in [3.8, 4) is 11.3 Å². The molecular weight excluding hydrogens is 400 g/mol. The number of benzene rings is 2. The predicted molar refractivity (Wildman–Crippen MR) is 113 cm³/mol. The number of nitrogens with zero attached hydrogens (tertiary/aromatic N) is 3. The number of rotatable bonds is 7. The van der Waals surface area contributed by atoms with Crippen molar-refractivity contribution in [1.29, 1.82) is 0 Å². The van der Waals surface area contributed by atoms with Crippen LogP contribution in [0.1, 0.15) is 33.2 Å². The van der Waals surface area contributed by atoms with Crippen LogP contribution in [0.4, 0.5) is 5.69 Å². The Bertz CT molecular complexity index is 1100. The van der Waals surface area contributed by atoms with Crippen LogP contribution in [-0.2, 0) is 9.47 Å². The van der Waals surface area contributed by atoms with E-state index in [-0.39, 0.29) is 18.1 Å². The van der Waals surface area contributed by atoms with Gasteiger partial charge in [0.15, 0.2) is 6.29 Å². The molecule has 2 aromatic carbocycles. The number of carbonyl (C=O) groups is 1. The van der Waals surface area contributed by atoms with Crippen LogP contribution in [0.3, 0.4) is 0 Å². The quantitative estimate of drug-likeness (QED) is 0.355. The maximum Gasteiger partial charge on any atom is 0.273 e. The molecule has 1 atom stereocenters. The summed E-state index contributed by atoms with van der Waals surface area (Å²) in [4.78, 5) is 25.5. The SMILES string of the molecule is COC(CN1C(=O)c2[nH]nc(-c3ccc([N+](=O)[O-])cc3)c2C1c1ccc(C)cc1)OC. The second kappa shape index (κ2) is 8.29. The fraction of sp³-hybridized carbons (Fsp3) is 0.273. The van der Waals surface area contributed by atoms with Crippen molar-refractivity contribution < 1.29 is 19.2 Å². The van der Waals surface area contributed by atoms with E-state index in [1.165, 1.54) is 26.4 Å². The van der Waals surface area contributed by atoms with Crippen LogP contribution < -0.4 is 0 Å². The largest absolute Gasteiger partial charge is 0.354 e. The number of methoxy groups -OCH3 is 2. The zero-order valence-electron chi connectivity index (χ0n) is 17.4. The number of non-ortho nitro benzene ring substituents is 1. The number of aromatic amines is 1. The van der Waals surface area contributed by atoms with Gasteiger partial charge in [0, 0.05) is 37.5 Å². The lowest BCUT2D eigenvalue weighted by molar-refractivity contribution is -0.384. The summed E-state index contributed by atoms with van der Waals surface area (Å²) >= 11 is 0. The van der Waals surface area contributed by atoms with Gasteiger partial charge in [-0.25, -0.2) is 0 Å². The molecule has 0 bridgehead atoms. The second-order valence-electron chi connectivity index (χ2n) is 7.34. The van der Waals surface area contributed by atoms with Gasteiger partial charge in [-0.3, -0.25) is 20.0 Å². The molecule has 1 amide bonds. The Balaban J connectivity index is 1.82. The summed E-state index contributed by atoms with van der Waals surface area (Å²) in [5.41, 5.74) is 4.41. The summed E-state index contributed by atoms with van der Waals surface area (Å²) in [6, 6.07) is 13.7. The number of ether oxygens (including phenoxy) is 2. The molecule has 31 heavy (non-hydrogen) atoms. The first-order chi connectivity index (χ1) is 14.9. The third-order valence-electron chi connectivity index (χ3n) is 5.48. The zero-order chi connectivity index (χ0) is 22.1. The summed E-state index contributed by atoms with van der Waals surface area (Å²) in [6.45, 7) is 2.23.